The zero-order valence-corrected chi connectivity index (χ0v) is 11.6. The molecule has 0 aromatic carbocycles. The van der Waals surface area contributed by atoms with Gasteiger partial charge in [0.05, 0.1) is 0 Å². The predicted octanol–water partition coefficient (Wildman–Crippen LogP) is 0.944. The summed E-state index contributed by atoms with van der Waals surface area (Å²) in [6.45, 7) is 25.4. The van der Waals surface area contributed by atoms with E-state index in [-0.39, 0.29) is 17.1 Å². The Kier molecular flexibility index (Phi) is 534. The molecule has 103 valence electrons. The summed E-state index contributed by atoms with van der Waals surface area (Å²) in [4.78, 5) is 0. The van der Waals surface area contributed by atoms with Gasteiger partial charge in [0, 0.05) is 0 Å². The molecule has 0 aliphatic heterocycles. The van der Waals surface area contributed by atoms with Crippen LogP contribution in [-0.2, 0) is 17.1 Å². The summed E-state index contributed by atoms with van der Waals surface area (Å²) in [5.41, 5.74) is 10.6. The molecule has 0 saturated heterocycles. The summed E-state index contributed by atoms with van der Waals surface area (Å²) in [5, 5.41) is 31.2. The minimum atomic E-state index is 0. The fourth-order valence-electron chi connectivity index (χ4n) is 0.642. The third-order valence-corrected chi connectivity index (χ3v) is 1.16. The van der Waals surface area contributed by atoms with Crippen LogP contribution in [0, 0.1) is 59.2 Å². The molecular weight excluding hydrogens is 286 g/mol. The van der Waals surface area contributed by atoms with Crippen LogP contribution in [0.3, 0.4) is 0 Å². The van der Waals surface area contributed by atoms with E-state index in [4.69, 9.17) is 70.6 Å². The van der Waals surface area contributed by atoms with Crippen molar-refractivity contribution in [2.45, 2.75) is 25.7 Å². The number of nitrogens with zero attached hydrogens (tertiary/aromatic N) is 5. The van der Waals surface area contributed by atoms with E-state index in [1.165, 1.54) is 12.8 Å². The zero-order chi connectivity index (χ0) is 16.2. The van der Waals surface area contributed by atoms with E-state index < -0.39 is 0 Å². The van der Waals surface area contributed by atoms with E-state index in [1.54, 1.807) is 0 Å². The van der Waals surface area contributed by atoms with Crippen LogP contribution in [-0.4, -0.2) is 13.1 Å². The SMILES string of the molecule is NCCCCCCN.[C-]#N.[C-]#N.[C-]#N.[C-]#N.[C-]#N.[Fe+5]. The molecule has 0 aliphatic carbocycles. The normalized spacial score (nSPS) is 4.63. The van der Waals surface area contributed by atoms with Gasteiger partial charge in [-0.1, -0.05) is 12.8 Å². The van der Waals surface area contributed by atoms with Crippen molar-refractivity contribution in [3.05, 3.63) is 32.9 Å². The molecule has 0 amide bonds. The van der Waals surface area contributed by atoms with Crippen LogP contribution in [0.1, 0.15) is 25.7 Å². The van der Waals surface area contributed by atoms with Crippen LogP contribution in [0.5, 0.6) is 0 Å². The van der Waals surface area contributed by atoms with Gasteiger partial charge in [-0.2, -0.15) is 0 Å². The summed E-state index contributed by atoms with van der Waals surface area (Å²) < 4.78 is 0. The molecule has 19 heavy (non-hydrogen) atoms. The first-order chi connectivity index (χ1) is 8.91. The molecule has 0 aromatic rings. The smallest absolute Gasteiger partial charge is 0.512 e. The minimum absolute atomic E-state index is 0. The van der Waals surface area contributed by atoms with Gasteiger partial charge in [-0.25, -0.2) is 0 Å². The molecule has 0 bridgehead atoms. The molecule has 0 atom stereocenters. The predicted molar refractivity (Wildman–Crippen MR) is 61.4 cm³/mol. The Morgan fingerprint density at radius 2 is 0.632 bits per heavy atom. The molecular formula is C11H16FeN7. The van der Waals surface area contributed by atoms with Gasteiger partial charge in [-0.3, -0.25) is 0 Å². The van der Waals surface area contributed by atoms with Crippen molar-refractivity contribution in [2.24, 2.45) is 11.5 Å². The molecule has 7 nitrogen and oxygen atoms in total. The molecule has 8 heteroatoms. The third kappa shape index (κ3) is 367. The van der Waals surface area contributed by atoms with E-state index in [2.05, 4.69) is 0 Å². The summed E-state index contributed by atoms with van der Waals surface area (Å²) in [6.07, 6.45) is 4.79. The summed E-state index contributed by atoms with van der Waals surface area (Å²) in [6, 6.07) is 0. The van der Waals surface area contributed by atoms with Gasteiger partial charge in [0.25, 0.3) is 0 Å². The van der Waals surface area contributed by atoms with Crippen molar-refractivity contribution in [3.63, 3.8) is 0 Å². The Labute approximate surface area is 127 Å². The van der Waals surface area contributed by atoms with Crippen LogP contribution >= 0.6 is 0 Å². The first kappa shape index (κ1) is 43.6. The summed E-state index contributed by atoms with van der Waals surface area (Å²) >= 11 is 0. The van der Waals surface area contributed by atoms with Gasteiger partial charge in [-0.15, -0.1) is 0 Å². The fraction of sp³-hybridized carbons (Fsp3) is 0.545. The maximum absolute atomic E-state index is 6.25. The second kappa shape index (κ2) is 233. The molecule has 4 N–H and O–H groups in total. The number of nitrogens with two attached hydrogens (primary N) is 2. The van der Waals surface area contributed by atoms with Crippen LogP contribution in [0.2, 0.25) is 0 Å². The van der Waals surface area contributed by atoms with Crippen LogP contribution in [0.4, 0.5) is 0 Å². The van der Waals surface area contributed by atoms with E-state index >= 15 is 0 Å². The van der Waals surface area contributed by atoms with Crippen LogP contribution in [0.25, 0.3) is 0 Å². The van der Waals surface area contributed by atoms with Gasteiger partial charge in [-0.05, 0) is 25.9 Å². The van der Waals surface area contributed by atoms with E-state index in [0.717, 1.165) is 25.9 Å². The van der Waals surface area contributed by atoms with Gasteiger partial charge >= 0.3 is 17.1 Å². The number of unbranched alkanes of at least 4 members (excludes halogenated alkanes) is 3. The second-order valence-electron chi connectivity index (χ2n) is 1.99. The molecule has 0 fully saturated rings. The van der Waals surface area contributed by atoms with E-state index in [0.29, 0.717) is 0 Å². The van der Waals surface area contributed by atoms with E-state index in [1.807, 2.05) is 0 Å². The van der Waals surface area contributed by atoms with Crippen molar-refractivity contribution >= 4 is 0 Å². The van der Waals surface area contributed by atoms with Crippen LogP contribution in [0.15, 0.2) is 0 Å². The zero-order valence-electron chi connectivity index (χ0n) is 10.5. The molecule has 0 saturated carbocycles. The molecule has 0 heterocycles. The van der Waals surface area contributed by atoms with Gasteiger partial charge in [0.15, 0.2) is 0 Å². The maximum atomic E-state index is 6.25. The number of rotatable bonds is 5. The summed E-state index contributed by atoms with van der Waals surface area (Å²) in [7, 11) is 0. The third-order valence-electron chi connectivity index (χ3n) is 1.16. The first-order valence-electron chi connectivity index (χ1n) is 4.43. The van der Waals surface area contributed by atoms with Crippen LogP contribution < -0.4 is 11.5 Å². The van der Waals surface area contributed by atoms with Crippen molar-refractivity contribution in [1.82, 2.24) is 0 Å². The number of hydrogen-bond donors (Lipinski definition) is 2. The fourth-order valence-corrected chi connectivity index (χ4v) is 0.642. The van der Waals surface area contributed by atoms with Gasteiger partial charge < -0.3 is 70.6 Å². The van der Waals surface area contributed by atoms with Crippen molar-refractivity contribution in [1.29, 1.82) is 26.3 Å². The molecule has 0 spiro atoms. The largest absolute Gasteiger partial charge is 5.00 e. The molecule has 1 radical (unpaired) electrons. The Morgan fingerprint density at radius 3 is 0.737 bits per heavy atom. The number of hydrogen-bond acceptors (Lipinski definition) is 7. The molecule has 0 unspecified atom stereocenters. The Bertz CT molecular complexity index is 143. The van der Waals surface area contributed by atoms with E-state index in [9.17, 15) is 0 Å². The van der Waals surface area contributed by atoms with Crippen molar-refractivity contribution in [3.8, 4) is 0 Å². The maximum Gasteiger partial charge on any atom is 5.00 e. The Hall–Kier alpha value is -2.11. The second-order valence-corrected chi connectivity index (χ2v) is 1.99. The Morgan fingerprint density at radius 1 is 0.474 bits per heavy atom. The van der Waals surface area contributed by atoms with Gasteiger partial charge in [0.2, 0.25) is 0 Å². The average molecular weight is 302 g/mol. The van der Waals surface area contributed by atoms with Crippen molar-refractivity contribution in [2.75, 3.05) is 13.1 Å². The topological polar surface area (TPSA) is 171 Å². The quantitative estimate of drug-likeness (QED) is 0.432. The first-order valence-corrected chi connectivity index (χ1v) is 4.43. The molecule has 0 rings (SSSR count). The summed E-state index contributed by atoms with van der Waals surface area (Å²) in [5.74, 6) is 0. The Balaban J connectivity index is -0.0000000223. The molecule has 0 aliphatic rings. The standard InChI is InChI=1S/C6H16N2.5CN.Fe/c7-5-3-1-2-4-6-8;5*1-2;/h1-8H2;;;;;;/q;5*-1;+5. The monoisotopic (exact) mass is 302 g/mol. The van der Waals surface area contributed by atoms with Crippen molar-refractivity contribution < 1.29 is 17.1 Å². The average Bonchev–Trinajstić information content (AvgIpc) is 2.54. The molecule has 0 aromatic heterocycles. The minimum Gasteiger partial charge on any atom is -0.512 e. The van der Waals surface area contributed by atoms with Gasteiger partial charge in [0.1, 0.15) is 0 Å².